The Labute approximate surface area is 48.7 Å². The summed E-state index contributed by atoms with van der Waals surface area (Å²) < 4.78 is 12.0. The first-order valence-corrected chi connectivity index (χ1v) is 2.30. The molecule has 0 heterocycles. The third kappa shape index (κ3) is 1.09. The van der Waals surface area contributed by atoms with Gasteiger partial charge in [0.05, 0.1) is 0 Å². The van der Waals surface area contributed by atoms with E-state index in [0.717, 1.165) is 0 Å². The highest BCUT2D eigenvalue weighted by Gasteiger charge is 1.77. The molecule has 0 unspecified atom stereocenters. The van der Waals surface area contributed by atoms with Crippen molar-refractivity contribution >= 4 is 13.3 Å². The molecule has 0 amide bonds. The van der Waals surface area contributed by atoms with E-state index in [4.69, 9.17) is 7.85 Å². The molecule has 0 aromatic heterocycles. The maximum absolute atomic E-state index is 12.0. The van der Waals surface area contributed by atoms with E-state index in [1.807, 2.05) is 0 Å². The second-order valence-corrected chi connectivity index (χ2v) is 1.55. The molecule has 0 saturated heterocycles. The summed E-state index contributed by atoms with van der Waals surface area (Å²) in [6.07, 6.45) is 0. The van der Waals surface area contributed by atoms with E-state index >= 15 is 0 Å². The second-order valence-electron chi connectivity index (χ2n) is 1.55. The van der Waals surface area contributed by atoms with Crippen molar-refractivity contribution < 1.29 is 4.39 Å². The summed E-state index contributed by atoms with van der Waals surface area (Å²) in [7, 11) is 5.26. The van der Waals surface area contributed by atoms with Crippen LogP contribution in [0.5, 0.6) is 0 Å². The second kappa shape index (κ2) is 1.99. The lowest BCUT2D eigenvalue weighted by Crippen LogP contribution is -1.98. The largest absolute Gasteiger partial charge is 0.580 e. The van der Waals surface area contributed by atoms with Crippen LogP contribution in [0.4, 0.5) is 4.39 Å². The van der Waals surface area contributed by atoms with Crippen molar-refractivity contribution in [1.82, 2.24) is 0 Å². The van der Waals surface area contributed by atoms with E-state index in [9.17, 15) is 4.39 Å². The molecule has 0 aliphatic rings. The molecule has 2 heteroatoms. The molecule has 39 valence electrons. The Morgan fingerprint density at radius 1 is 1.12 bits per heavy atom. The smallest absolute Gasteiger partial charge is 0.122 e. The molecular weight excluding hydrogens is 102 g/mol. The van der Waals surface area contributed by atoms with Gasteiger partial charge in [-0.1, -0.05) is 0 Å². The quantitative estimate of drug-likeness (QED) is 0.425. The molecule has 0 aliphatic carbocycles. The summed E-state index contributed by atoms with van der Waals surface area (Å²) in [4.78, 5) is 0. The lowest BCUT2D eigenvalue weighted by atomic mass is 9.97. The normalized spacial score (nSPS) is 9.25. The molecule has 0 bridgehead atoms. The zero-order valence-electron chi connectivity index (χ0n) is 4.26. The summed E-state index contributed by atoms with van der Waals surface area (Å²) in [5.74, 6) is -0.251. The summed E-state index contributed by atoms with van der Waals surface area (Å²) in [6.45, 7) is 0. The van der Waals surface area contributed by atoms with Gasteiger partial charge in [-0.15, -0.1) is 12.1 Å². The minimum atomic E-state index is -0.251. The Bertz CT molecular complexity index is 147. The van der Waals surface area contributed by atoms with Gasteiger partial charge in [0, 0.05) is 0 Å². The lowest BCUT2D eigenvalue weighted by molar-refractivity contribution is 0.628. The van der Waals surface area contributed by atoms with Gasteiger partial charge in [-0.05, 0) is 12.1 Å². The van der Waals surface area contributed by atoms with Crippen molar-refractivity contribution in [3.05, 3.63) is 30.1 Å². The van der Waals surface area contributed by atoms with Crippen LogP contribution in [0.3, 0.4) is 0 Å². The van der Waals surface area contributed by atoms with Gasteiger partial charge >= 0.3 is 0 Å². The first kappa shape index (κ1) is 5.35. The predicted molar refractivity (Wildman–Crippen MR) is 31.8 cm³/mol. The Hall–Kier alpha value is -0.785. The fourth-order valence-corrected chi connectivity index (χ4v) is 0.463. The van der Waals surface area contributed by atoms with Crippen LogP contribution in [-0.4, -0.2) is 7.85 Å². The lowest BCUT2D eigenvalue weighted by Gasteiger charge is -2.01. The van der Waals surface area contributed by atoms with Crippen LogP contribution in [-0.2, 0) is 0 Å². The van der Waals surface area contributed by atoms with Gasteiger partial charge in [0.15, 0.2) is 0 Å². The Morgan fingerprint density at radius 2 is 1.62 bits per heavy atom. The Balaban J connectivity index is 3.03. The van der Waals surface area contributed by atoms with Crippen molar-refractivity contribution in [2.45, 2.75) is 0 Å². The van der Waals surface area contributed by atoms with Crippen molar-refractivity contribution in [2.75, 3.05) is 0 Å². The monoisotopic (exact) mass is 106 g/mol. The standard InChI is InChI=1S/C6H4BF/c7-5-1-3-6(8)4-2-5/h1-4H/q-1. The summed E-state index contributed by atoms with van der Waals surface area (Å²) in [6, 6.07) is 5.70. The highest BCUT2D eigenvalue weighted by molar-refractivity contribution is 6.32. The number of hydrogen-bond donors (Lipinski definition) is 0. The van der Waals surface area contributed by atoms with Crippen LogP contribution in [0, 0.1) is 5.82 Å². The highest BCUT2D eigenvalue weighted by Crippen LogP contribution is 1.89. The SMILES string of the molecule is [B-]c1ccc(F)cc1. The summed E-state index contributed by atoms with van der Waals surface area (Å²) >= 11 is 0. The van der Waals surface area contributed by atoms with Crippen molar-refractivity contribution in [3.63, 3.8) is 0 Å². The van der Waals surface area contributed by atoms with E-state index in [0.29, 0.717) is 5.46 Å². The molecule has 0 spiro atoms. The molecule has 8 heavy (non-hydrogen) atoms. The van der Waals surface area contributed by atoms with Crippen LogP contribution < -0.4 is 5.46 Å². The number of hydrogen-bond acceptors (Lipinski definition) is 0. The predicted octanol–water partition coefficient (Wildman–Crippen LogP) is 0.619. The number of benzene rings is 1. The van der Waals surface area contributed by atoms with Crippen molar-refractivity contribution in [2.24, 2.45) is 0 Å². The zero-order chi connectivity index (χ0) is 5.98. The van der Waals surface area contributed by atoms with E-state index in [-0.39, 0.29) is 5.82 Å². The third-order valence-corrected chi connectivity index (χ3v) is 0.870. The molecule has 3 radical (unpaired) electrons. The van der Waals surface area contributed by atoms with Gasteiger partial charge in [0.25, 0.3) is 0 Å². The third-order valence-electron chi connectivity index (χ3n) is 0.870. The van der Waals surface area contributed by atoms with Gasteiger partial charge in [-0.3, -0.25) is 0 Å². The van der Waals surface area contributed by atoms with Crippen molar-refractivity contribution in [3.8, 4) is 0 Å². The zero-order valence-corrected chi connectivity index (χ0v) is 4.26. The van der Waals surface area contributed by atoms with Crippen LogP contribution in [0.2, 0.25) is 0 Å². The highest BCUT2D eigenvalue weighted by atomic mass is 19.1. The molecule has 0 nitrogen and oxygen atoms in total. The molecule has 0 N–H and O–H groups in total. The fourth-order valence-electron chi connectivity index (χ4n) is 0.463. The first-order valence-electron chi connectivity index (χ1n) is 2.30. The maximum Gasteiger partial charge on any atom is 0.122 e. The number of rotatable bonds is 0. The van der Waals surface area contributed by atoms with E-state index in [1.54, 1.807) is 0 Å². The average molecular weight is 106 g/mol. The van der Waals surface area contributed by atoms with E-state index in [1.165, 1.54) is 24.3 Å². The summed E-state index contributed by atoms with van der Waals surface area (Å²) in [5, 5.41) is 0. The molecule has 0 aliphatic heterocycles. The molecule has 1 aromatic rings. The first-order chi connectivity index (χ1) is 3.79. The molecule has 0 atom stereocenters. The van der Waals surface area contributed by atoms with Crippen LogP contribution in [0.25, 0.3) is 0 Å². The van der Waals surface area contributed by atoms with E-state index < -0.39 is 0 Å². The average Bonchev–Trinajstić information content (AvgIpc) is 1.77. The molecule has 0 saturated carbocycles. The maximum atomic E-state index is 12.0. The Kier molecular flexibility index (Phi) is 1.33. The fraction of sp³-hybridized carbons (Fsp3) is 0. The van der Waals surface area contributed by atoms with Crippen LogP contribution >= 0.6 is 0 Å². The molecule has 1 rings (SSSR count). The topological polar surface area (TPSA) is 0 Å². The molecular formula is C6H4BF-. The van der Waals surface area contributed by atoms with Gasteiger partial charge in [0.2, 0.25) is 0 Å². The Morgan fingerprint density at radius 3 is 2.00 bits per heavy atom. The summed E-state index contributed by atoms with van der Waals surface area (Å²) in [5.41, 5.74) is 0.589. The van der Waals surface area contributed by atoms with Crippen LogP contribution in [0.15, 0.2) is 24.3 Å². The minimum absolute atomic E-state index is 0.251. The molecule has 1 aromatic carbocycles. The van der Waals surface area contributed by atoms with Crippen LogP contribution in [0.1, 0.15) is 0 Å². The van der Waals surface area contributed by atoms with Crippen molar-refractivity contribution in [1.29, 1.82) is 0 Å². The van der Waals surface area contributed by atoms with Gasteiger partial charge in [0.1, 0.15) is 5.82 Å². The minimum Gasteiger partial charge on any atom is -0.580 e. The molecule has 0 fully saturated rings. The van der Waals surface area contributed by atoms with Gasteiger partial charge in [-0.2, -0.15) is 0 Å². The van der Waals surface area contributed by atoms with Gasteiger partial charge in [-0.25, -0.2) is 4.39 Å². The van der Waals surface area contributed by atoms with E-state index in [2.05, 4.69) is 0 Å². The van der Waals surface area contributed by atoms with Gasteiger partial charge < -0.3 is 13.3 Å². The number of halogens is 1.